The van der Waals surface area contributed by atoms with Gasteiger partial charge in [0.05, 0.1) is 18.7 Å². The maximum Gasteiger partial charge on any atom is 0.337 e. The zero-order valence-electron chi connectivity index (χ0n) is 22.7. The van der Waals surface area contributed by atoms with Crippen LogP contribution in [0.15, 0.2) is 84.9 Å². The summed E-state index contributed by atoms with van der Waals surface area (Å²) >= 11 is 8.65. The molecule has 4 aromatic carbocycles. The first-order chi connectivity index (χ1) is 20.2. The van der Waals surface area contributed by atoms with Gasteiger partial charge in [-0.15, -0.1) is 0 Å². The molecular weight excluding hydrogens is 667 g/mol. The van der Waals surface area contributed by atoms with Crippen molar-refractivity contribution >= 4 is 57.7 Å². The van der Waals surface area contributed by atoms with E-state index in [-0.39, 0.29) is 18.2 Å². The molecule has 2 N–H and O–H groups in total. The lowest BCUT2D eigenvalue weighted by atomic mass is 9.59. The Hall–Kier alpha value is -3.89. The summed E-state index contributed by atoms with van der Waals surface area (Å²) in [5.41, 5.74) is 3.19. The second-order valence-corrected chi connectivity index (χ2v) is 12.2. The van der Waals surface area contributed by atoms with Crippen molar-refractivity contribution in [1.82, 2.24) is 5.32 Å². The predicted octanol–water partition coefficient (Wildman–Crippen LogP) is 7.07. The van der Waals surface area contributed by atoms with Crippen molar-refractivity contribution in [3.63, 3.8) is 0 Å². The van der Waals surface area contributed by atoms with Crippen LogP contribution >= 0.6 is 34.2 Å². The summed E-state index contributed by atoms with van der Waals surface area (Å²) in [6.45, 7) is 1.98. The molecule has 1 spiro atoms. The summed E-state index contributed by atoms with van der Waals surface area (Å²) in [4.78, 5) is 39.8. The van der Waals surface area contributed by atoms with Crippen molar-refractivity contribution < 1.29 is 23.9 Å². The molecule has 0 bridgehead atoms. The normalized spacial score (nSPS) is 21.0. The largest absolute Gasteiger partial charge is 0.465 e. The smallest absolute Gasteiger partial charge is 0.337 e. The van der Waals surface area contributed by atoms with E-state index in [4.69, 9.17) is 21.1 Å². The Morgan fingerprint density at radius 3 is 2.52 bits per heavy atom. The van der Waals surface area contributed by atoms with Gasteiger partial charge in [0.15, 0.2) is 0 Å². The van der Waals surface area contributed by atoms with Gasteiger partial charge in [-0.05, 0) is 107 Å². The third-order valence-corrected chi connectivity index (χ3v) is 8.89. The van der Waals surface area contributed by atoms with Crippen molar-refractivity contribution in [3.05, 3.63) is 121 Å². The van der Waals surface area contributed by atoms with Crippen LogP contribution in [0.1, 0.15) is 51.0 Å². The average Bonchev–Trinajstić information content (AvgIpc) is 3.25. The van der Waals surface area contributed by atoms with E-state index in [1.165, 1.54) is 7.11 Å². The number of amides is 2. The van der Waals surface area contributed by atoms with Crippen LogP contribution in [0.25, 0.3) is 0 Å². The second kappa shape index (κ2) is 11.1. The highest BCUT2D eigenvalue weighted by molar-refractivity contribution is 14.1. The Labute approximate surface area is 261 Å². The molecule has 1 unspecified atom stereocenters. The van der Waals surface area contributed by atoms with Gasteiger partial charge in [-0.3, -0.25) is 9.59 Å². The first-order valence-electron chi connectivity index (χ1n) is 13.3. The van der Waals surface area contributed by atoms with Crippen molar-refractivity contribution in [3.8, 4) is 11.5 Å². The van der Waals surface area contributed by atoms with Gasteiger partial charge in [0.2, 0.25) is 11.8 Å². The predicted molar refractivity (Wildman–Crippen MR) is 168 cm³/mol. The van der Waals surface area contributed by atoms with Crippen LogP contribution < -0.4 is 15.4 Å². The molecule has 1 fully saturated rings. The topological polar surface area (TPSA) is 93.7 Å². The lowest BCUT2D eigenvalue weighted by Crippen LogP contribution is -2.56. The number of aryl methyl sites for hydroxylation is 1. The van der Waals surface area contributed by atoms with Gasteiger partial charge in [0, 0.05) is 32.2 Å². The van der Waals surface area contributed by atoms with E-state index in [0.717, 1.165) is 25.9 Å². The number of fused-ring (bicyclic) bond motifs is 2. The maximum absolute atomic E-state index is 14.4. The van der Waals surface area contributed by atoms with Crippen LogP contribution in [0.2, 0.25) is 5.02 Å². The van der Waals surface area contributed by atoms with Gasteiger partial charge >= 0.3 is 5.97 Å². The quantitative estimate of drug-likeness (QED) is 0.173. The Kier molecular flexibility index (Phi) is 7.44. The number of rotatable bonds is 5. The molecule has 1 saturated heterocycles. The third kappa shape index (κ3) is 4.82. The molecule has 2 heterocycles. The molecule has 2 amide bonds. The number of ether oxygens (including phenoxy) is 2. The lowest BCUT2D eigenvalue weighted by Gasteiger charge is -2.46. The van der Waals surface area contributed by atoms with Gasteiger partial charge in [-0.2, -0.15) is 0 Å². The molecule has 0 aliphatic carbocycles. The number of carbonyl (C=O) groups is 3. The summed E-state index contributed by atoms with van der Waals surface area (Å²) < 4.78 is 12.1. The van der Waals surface area contributed by atoms with E-state index >= 15 is 0 Å². The van der Waals surface area contributed by atoms with E-state index < -0.39 is 23.3 Å². The molecule has 4 aromatic rings. The number of methoxy groups -OCH3 is 1. The van der Waals surface area contributed by atoms with Crippen molar-refractivity contribution in [2.75, 3.05) is 12.4 Å². The minimum absolute atomic E-state index is 0.104. The van der Waals surface area contributed by atoms with Gasteiger partial charge in [-0.25, -0.2) is 4.79 Å². The Morgan fingerprint density at radius 1 is 1.00 bits per heavy atom. The Balaban J connectivity index is 1.54. The number of piperidine rings is 1. The van der Waals surface area contributed by atoms with Crippen LogP contribution in [0, 0.1) is 10.5 Å². The number of nitrogens with one attached hydrogen (secondary N) is 2. The van der Waals surface area contributed by atoms with E-state index in [0.29, 0.717) is 27.6 Å². The molecular formula is C33H26ClIN2O5. The minimum Gasteiger partial charge on any atom is -0.465 e. The molecule has 42 heavy (non-hydrogen) atoms. The van der Waals surface area contributed by atoms with Crippen molar-refractivity contribution in [1.29, 1.82) is 0 Å². The van der Waals surface area contributed by atoms with E-state index in [1.54, 1.807) is 30.3 Å². The molecule has 0 saturated carbocycles. The van der Waals surface area contributed by atoms with Crippen molar-refractivity contribution in [2.45, 2.75) is 30.7 Å². The van der Waals surface area contributed by atoms with Crippen LogP contribution in [0.5, 0.6) is 11.5 Å². The summed E-state index contributed by atoms with van der Waals surface area (Å²) in [5.74, 6) is -0.382. The molecule has 3 atom stereocenters. The molecule has 0 aromatic heterocycles. The Morgan fingerprint density at radius 2 is 1.79 bits per heavy atom. The molecule has 0 radical (unpaired) electrons. The zero-order valence-corrected chi connectivity index (χ0v) is 25.7. The number of anilines is 1. The van der Waals surface area contributed by atoms with Gasteiger partial charge in [-0.1, -0.05) is 35.9 Å². The van der Waals surface area contributed by atoms with E-state index in [1.807, 2.05) is 61.5 Å². The maximum atomic E-state index is 14.4. The highest BCUT2D eigenvalue weighted by Gasteiger charge is 2.61. The summed E-state index contributed by atoms with van der Waals surface area (Å²) in [6, 6.07) is 24.8. The third-order valence-electron chi connectivity index (χ3n) is 7.98. The fourth-order valence-electron chi connectivity index (χ4n) is 6.15. The van der Waals surface area contributed by atoms with Crippen molar-refractivity contribution in [2.24, 2.45) is 0 Å². The second-order valence-electron chi connectivity index (χ2n) is 10.5. The Bertz CT molecular complexity index is 1740. The standard InChI is InChI=1S/C33H26ClIN2O5/c1-18-6-12-25-27(14-18)36-32(40)33(25)26(20-4-3-5-21(34)15-20)17-29(38)37-30(33)24-16-22(35)9-13-28(24)42-23-10-7-19(8-11-23)31(39)41-2/h3-16,26,30H,17H2,1-2H3,(H,36,40)(H,37,38)/t26?,30-,33+/m1/s1. The van der Waals surface area contributed by atoms with Gasteiger partial charge in [0.25, 0.3) is 0 Å². The lowest BCUT2D eigenvalue weighted by molar-refractivity contribution is -0.131. The SMILES string of the molecule is COC(=O)c1ccc(Oc2ccc(I)cc2[C@H]2NC(=O)CC(c3cccc(Cl)c3)[C@]23C(=O)Nc2cc(C)ccc23)cc1. The van der Waals surface area contributed by atoms with Crippen LogP contribution in [-0.2, 0) is 19.7 Å². The van der Waals surface area contributed by atoms with E-state index in [2.05, 4.69) is 33.2 Å². The molecule has 9 heteroatoms. The number of esters is 1. The summed E-state index contributed by atoms with van der Waals surface area (Å²) in [7, 11) is 1.33. The molecule has 2 aliphatic rings. The zero-order chi connectivity index (χ0) is 29.6. The fraction of sp³-hybridized carbons (Fsp3) is 0.182. The highest BCUT2D eigenvalue weighted by Crippen LogP contribution is 2.58. The number of carbonyl (C=O) groups excluding carboxylic acids is 3. The van der Waals surface area contributed by atoms with Crippen LogP contribution in [-0.4, -0.2) is 24.9 Å². The number of hydrogen-bond donors (Lipinski definition) is 2. The molecule has 2 aliphatic heterocycles. The summed E-state index contributed by atoms with van der Waals surface area (Å²) in [6.07, 6.45) is 0.104. The van der Waals surface area contributed by atoms with E-state index in [9.17, 15) is 14.4 Å². The minimum atomic E-state index is -1.20. The number of halogens is 2. The molecule has 212 valence electrons. The van der Waals surface area contributed by atoms with Gasteiger partial charge in [0.1, 0.15) is 16.9 Å². The fourth-order valence-corrected chi connectivity index (χ4v) is 6.87. The average molecular weight is 693 g/mol. The van der Waals surface area contributed by atoms with Crippen LogP contribution in [0.4, 0.5) is 5.69 Å². The number of hydrogen-bond acceptors (Lipinski definition) is 5. The summed E-state index contributed by atoms with van der Waals surface area (Å²) in [5, 5.41) is 6.83. The van der Waals surface area contributed by atoms with Crippen LogP contribution in [0.3, 0.4) is 0 Å². The first kappa shape index (κ1) is 28.2. The molecule has 7 nitrogen and oxygen atoms in total. The number of benzene rings is 4. The monoisotopic (exact) mass is 692 g/mol. The first-order valence-corrected chi connectivity index (χ1v) is 14.8. The van der Waals surface area contributed by atoms with Gasteiger partial charge < -0.3 is 20.1 Å². The highest BCUT2D eigenvalue weighted by atomic mass is 127. The molecule has 6 rings (SSSR count).